The molecule has 0 bridgehead atoms. The van der Waals surface area contributed by atoms with Crippen molar-refractivity contribution in [2.75, 3.05) is 27.2 Å². The zero-order valence-corrected chi connectivity index (χ0v) is 13.0. The summed E-state index contributed by atoms with van der Waals surface area (Å²) in [4.78, 5) is 3.18. The number of nitrogens with zero attached hydrogens (tertiary/aromatic N) is 2. The first-order chi connectivity index (χ1) is 8.96. The first-order valence-corrected chi connectivity index (χ1v) is 8.71. The summed E-state index contributed by atoms with van der Waals surface area (Å²) in [7, 11) is 0.547. The average Bonchev–Trinajstić information content (AvgIpc) is 2.95. The van der Waals surface area contributed by atoms with Gasteiger partial charge in [0.2, 0.25) is 10.0 Å². The molecule has 1 aliphatic rings. The highest BCUT2D eigenvalue weighted by atomic mass is 32.2. The summed E-state index contributed by atoms with van der Waals surface area (Å²) in [5.41, 5.74) is 5.63. The lowest BCUT2D eigenvalue weighted by Gasteiger charge is -2.26. The minimum atomic E-state index is -3.40. The first-order valence-electron chi connectivity index (χ1n) is 6.40. The van der Waals surface area contributed by atoms with E-state index >= 15 is 0 Å². The van der Waals surface area contributed by atoms with E-state index in [0.717, 1.165) is 24.3 Å². The minimum Gasteiger partial charge on any atom is -0.326 e. The summed E-state index contributed by atoms with van der Waals surface area (Å²) < 4.78 is 27.1. The molecule has 1 saturated heterocycles. The van der Waals surface area contributed by atoms with Crippen LogP contribution in [0, 0.1) is 0 Å². The molecule has 0 spiro atoms. The largest absolute Gasteiger partial charge is 0.326 e. The predicted molar refractivity (Wildman–Crippen MR) is 77.7 cm³/mol. The van der Waals surface area contributed by atoms with Crippen LogP contribution < -0.4 is 5.73 Å². The van der Waals surface area contributed by atoms with Gasteiger partial charge in [0.05, 0.1) is 4.90 Å². The van der Waals surface area contributed by atoms with Gasteiger partial charge in [-0.25, -0.2) is 8.42 Å². The molecule has 2 rings (SSSR count). The van der Waals surface area contributed by atoms with E-state index in [2.05, 4.69) is 0 Å². The van der Waals surface area contributed by atoms with Crippen molar-refractivity contribution in [1.82, 2.24) is 9.21 Å². The van der Waals surface area contributed by atoms with Gasteiger partial charge in [-0.05, 0) is 38.4 Å². The summed E-state index contributed by atoms with van der Waals surface area (Å²) >= 11 is 1.41. The van der Waals surface area contributed by atoms with Gasteiger partial charge in [-0.15, -0.1) is 11.3 Å². The van der Waals surface area contributed by atoms with Crippen LogP contribution in [-0.2, 0) is 16.6 Å². The van der Waals surface area contributed by atoms with Crippen LogP contribution in [0.15, 0.2) is 16.3 Å². The van der Waals surface area contributed by atoms with Crippen molar-refractivity contribution in [3.8, 4) is 0 Å². The maximum atomic E-state index is 12.7. The Morgan fingerprint density at radius 3 is 2.89 bits per heavy atom. The van der Waals surface area contributed by atoms with Gasteiger partial charge in [0.25, 0.3) is 0 Å². The van der Waals surface area contributed by atoms with E-state index in [1.165, 1.54) is 11.3 Å². The Labute approximate surface area is 119 Å². The molecule has 1 aromatic rings. The quantitative estimate of drug-likeness (QED) is 0.878. The van der Waals surface area contributed by atoms with E-state index in [-0.39, 0.29) is 12.6 Å². The molecule has 1 fully saturated rings. The maximum Gasteiger partial charge on any atom is 0.244 e. The van der Waals surface area contributed by atoms with Crippen LogP contribution in [0.4, 0.5) is 0 Å². The molecular weight excluding hydrogens is 282 g/mol. The highest BCUT2D eigenvalue weighted by Crippen LogP contribution is 2.30. The van der Waals surface area contributed by atoms with E-state index in [4.69, 9.17) is 5.73 Å². The van der Waals surface area contributed by atoms with Crippen LogP contribution in [0.2, 0.25) is 0 Å². The van der Waals surface area contributed by atoms with Gasteiger partial charge in [0.1, 0.15) is 0 Å². The number of sulfonamides is 1. The maximum absolute atomic E-state index is 12.7. The first kappa shape index (κ1) is 14.9. The van der Waals surface area contributed by atoms with Gasteiger partial charge >= 0.3 is 0 Å². The number of likely N-dealkylation sites (N-methyl/N-ethyl adjacent to an activating group) is 1. The molecule has 2 N–H and O–H groups in total. The fourth-order valence-electron chi connectivity index (χ4n) is 2.56. The number of rotatable bonds is 5. The van der Waals surface area contributed by atoms with Crippen molar-refractivity contribution in [3.63, 3.8) is 0 Å². The van der Waals surface area contributed by atoms with E-state index in [1.807, 2.05) is 19.0 Å². The van der Waals surface area contributed by atoms with Gasteiger partial charge in [0.15, 0.2) is 0 Å². The lowest BCUT2D eigenvalue weighted by Crippen LogP contribution is -2.41. The van der Waals surface area contributed by atoms with Gasteiger partial charge < -0.3 is 10.6 Å². The topological polar surface area (TPSA) is 66.6 Å². The second-order valence-electron chi connectivity index (χ2n) is 5.09. The Balaban J connectivity index is 2.29. The highest BCUT2D eigenvalue weighted by molar-refractivity contribution is 7.89. The zero-order valence-electron chi connectivity index (χ0n) is 11.4. The van der Waals surface area contributed by atoms with Crippen LogP contribution in [0.5, 0.6) is 0 Å². The highest BCUT2D eigenvalue weighted by Gasteiger charge is 2.36. The van der Waals surface area contributed by atoms with Crippen molar-refractivity contribution < 1.29 is 8.42 Å². The molecule has 0 aromatic carbocycles. The molecule has 0 saturated carbocycles. The van der Waals surface area contributed by atoms with E-state index in [0.29, 0.717) is 11.4 Å². The van der Waals surface area contributed by atoms with Gasteiger partial charge in [-0.3, -0.25) is 0 Å². The monoisotopic (exact) mass is 303 g/mol. The lowest BCUT2D eigenvalue weighted by atomic mass is 10.2. The molecule has 19 heavy (non-hydrogen) atoms. The number of hydrogen-bond donors (Lipinski definition) is 1. The molecule has 0 amide bonds. The van der Waals surface area contributed by atoms with E-state index in [1.54, 1.807) is 15.8 Å². The third kappa shape index (κ3) is 3.00. The van der Waals surface area contributed by atoms with Crippen LogP contribution in [-0.4, -0.2) is 50.8 Å². The van der Waals surface area contributed by atoms with Crippen molar-refractivity contribution in [3.05, 3.63) is 16.3 Å². The summed E-state index contributed by atoms with van der Waals surface area (Å²) in [6, 6.07) is 1.75. The van der Waals surface area contributed by atoms with Crippen molar-refractivity contribution in [1.29, 1.82) is 0 Å². The number of thiophene rings is 1. The third-order valence-electron chi connectivity index (χ3n) is 3.38. The van der Waals surface area contributed by atoms with Crippen molar-refractivity contribution in [2.24, 2.45) is 5.73 Å². The van der Waals surface area contributed by atoms with Gasteiger partial charge in [-0.2, -0.15) is 4.31 Å². The number of nitrogens with two attached hydrogens (primary N) is 1. The molecule has 1 unspecified atom stereocenters. The Morgan fingerprint density at radius 1 is 1.53 bits per heavy atom. The fraction of sp³-hybridized carbons (Fsp3) is 0.667. The van der Waals surface area contributed by atoms with Crippen LogP contribution >= 0.6 is 11.3 Å². The standard InChI is InChI=1S/C12H21N3O2S2/c1-14(2)9-10-4-3-6-15(10)19(16,17)12-5-7-18-11(12)8-13/h5,7,10H,3-4,6,8-9,13H2,1-2H3. The van der Waals surface area contributed by atoms with Crippen LogP contribution in [0.3, 0.4) is 0 Å². The normalized spacial score (nSPS) is 21.4. The molecule has 1 aromatic heterocycles. The average molecular weight is 303 g/mol. The van der Waals surface area contributed by atoms with Crippen molar-refractivity contribution >= 4 is 21.4 Å². The molecule has 1 atom stereocenters. The third-order valence-corrected chi connectivity index (χ3v) is 6.48. The molecule has 0 radical (unpaired) electrons. The Morgan fingerprint density at radius 2 is 2.26 bits per heavy atom. The van der Waals surface area contributed by atoms with Crippen LogP contribution in [0.1, 0.15) is 17.7 Å². The number of hydrogen-bond acceptors (Lipinski definition) is 5. The van der Waals surface area contributed by atoms with E-state index in [9.17, 15) is 8.42 Å². The van der Waals surface area contributed by atoms with E-state index < -0.39 is 10.0 Å². The predicted octanol–water partition coefficient (Wildman–Crippen LogP) is 0.921. The summed E-state index contributed by atoms with van der Waals surface area (Å²) in [6.07, 6.45) is 1.86. The van der Waals surface area contributed by atoms with Crippen molar-refractivity contribution in [2.45, 2.75) is 30.3 Å². The molecule has 0 aliphatic carbocycles. The van der Waals surface area contributed by atoms with Gasteiger partial charge in [0, 0.05) is 30.6 Å². The molecule has 108 valence electrons. The lowest BCUT2D eigenvalue weighted by molar-refractivity contribution is 0.291. The molecule has 7 heteroatoms. The smallest absolute Gasteiger partial charge is 0.244 e. The van der Waals surface area contributed by atoms with Gasteiger partial charge in [-0.1, -0.05) is 0 Å². The Hall–Kier alpha value is -0.470. The SMILES string of the molecule is CN(C)CC1CCCN1S(=O)(=O)c1ccsc1CN. The summed E-state index contributed by atoms with van der Waals surface area (Å²) in [6.45, 7) is 1.65. The fourth-order valence-corrected chi connectivity index (χ4v) is 5.56. The second-order valence-corrected chi connectivity index (χ2v) is 7.95. The second kappa shape index (κ2) is 5.88. The minimum absolute atomic E-state index is 0.0746. The summed E-state index contributed by atoms with van der Waals surface area (Å²) in [5, 5.41) is 1.80. The molecular formula is C12H21N3O2S2. The Kier molecular flexibility index (Phi) is 4.62. The molecule has 1 aliphatic heterocycles. The summed E-state index contributed by atoms with van der Waals surface area (Å²) in [5.74, 6) is 0. The van der Waals surface area contributed by atoms with Crippen LogP contribution in [0.25, 0.3) is 0 Å². The molecule has 2 heterocycles. The molecule has 5 nitrogen and oxygen atoms in total. The zero-order chi connectivity index (χ0) is 14.0. The Bertz CT molecular complexity index is 525.